The second kappa shape index (κ2) is 6.66. The highest BCUT2D eigenvalue weighted by atomic mass is 32.9. The molecule has 0 unspecified atom stereocenters. The van der Waals surface area contributed by atoms with E-state index in [9.17, 15) is 8.42 Å². The largest absolute Gasteiger partial charge is 0.497 e. The number of hydrogen-bond acceptors (Lipinski definition) is 6. The highest BCUT2D eigenvalue weighted by Gasteiger charge is 2.46. The molecule has 0 aliphatic carbocycles. The minimum absolute atomic E-state index is 0.266. The number of ether oxygens (including phenoxy) is 1. The fourth-order valence-electron chi connectivity index (χ4n) is 3.55. The van der Waals surface area contributed by atoms with Crippen molar-refractivity contribution in [3.05, 3.63) is 56.7 Å². The smallest absolute Gasteiger partial charge is 0.265 e. The van der Waals surface area contributed by atoms with E-state index in [0.717, 1.165) is 25.4 Å². The van der Waals surface area contributed by atoms with Gasteiger partial charge >= 0.3 is 0 Å². The first-order chi connectivity index (χ1) is 13.2. The summed E-state index contributed by atoms with van der Waals surface area (Å²) in [7, 11) is 0.832. The first kappa shape index (κ1) is 19.6. The van der Waals surface area contributed by atoms with Gasteiger partial charge in [0.15, 0.2) is 0 Å². The zero-order chi connectivity index (χ0) is 20.3. The lowest BCUT2D eigenvalue weighted by Gasteiger charge is -2.43. The highest BCUT2D eigenvalue weighted by Crippen LogP contribution is 2.54. The maximum Gasteiger partial charge on any atom is 0.265 e. The van der Waals surface area contributed by atoms with Crippen LogP contribution in [0.1, 0.15) is 24.3 Å². The lowest BCUT2D eigenvalue weighted by Crippen LogP contribution is -2.47. The Morgan fingerprint density at radius 2 is 1.75 bits per heavy atom. The summed E-state index contributed by atoms with van der Waals surface area (Å²) in [6.07, 6.45) is 0. The molecular formula is C20H19NO3S4. The average molecular weight is 450 g/mol. The molecule has 2 heterocycles. The number of rotatable bonds is 3. The van der Waals surface area contributed by atoms with Crippen molar-refractivity contribution in [1.82, 2.24) is 0 Å². The third kappa shape index (κ3) is 2.82. The molecule has 0 bridgehead atoms. The summed E-state index contributed by atoms with van der Waals surface area (Å²) in [6.45, 7) is 5.79. The average Bonchev–Trinajstić information content (AvgIpc) is 3.04. The molecule has 2 aromatic carbocycles. The van der Waals surface area contributed by atoms with Gasteiger partial charge < -0.3 is 4.74 Å². The van der Waals surface area contributed by atoms with Gasteiger partial charge in [0.2, 0.25) is 0 Å². The number of benzene rings is 2. The van der Waals surface area contributed by atoms with Crippen LogP contribution in [0.5, 0.6) is 5.75 Å². The molecule has 8 heteroatoms. The van der Waals surface area contributed by atoms with Crippen molar-refractivity contribution in [3.63, 3.8) is 0 Å². The monoisotopic (exact) mass is 449 g/mol. The van der Waals surface area contributed by atoms with E-state index in [0.29, 0.717) is 11.4 Å². The minimum atomic E-state index is -3.80. The summed E-state index contributed by atoms with van der Waals surface area (Å²) < 4.78 is 35.2. The number of anilines is 1. The highest BCUT2D eigenvalue weighted by molar-refractivity contribution is 7.93. The van der Waals surface area contributed by atoms with Crippen LogP contribution in [0.15, 0.2) is 47.4 Å². The summed E-state index contributed by atoms with van der Waals surface area (Å²) in [5.74, 6) is 0.604. The van der Waals surface area contributed by atoms with Gasteiger partial charge in [-0.2, -0.15) is 0 Å². The zero-order valence-electron chi connectivity index (χ0n) is 15.8. The third-order valence-electron chi connectivity index (χ3n) is 4.95. The molecule has 0 amide bonds. The molecule has 0 fully saturated rings. The van der Waals surface area contributed by atoms with Gasteiger partial charge in [-0.3, -0.25) is 4.31 Å². The van der Waals surface area contributed by atoms with Crippen molar-refractivity contribution in [2.45, 2.75) is 31.2 Å². The number of fused-ring (bicyclic) bond motifs is 3. The number of nitrogens with zero attached hydrogens (tertiary/aromatic N) is 1. The molecule has 0 saturated heterocycles. The quantitative estimate of drug-likeness (QED) is 0.365. The lowest BCUT2D eigenvalue weighted by molar-refractivity contribution is 0.414. The van der Waals surface area contributed by atoms with Crippen LogP contribution in [0.4, 0.5) is 5.69 Å². The van der Waals surface area contributed by atoms with Gasteiger partial charge in [-0.05, 0) is 45.0 Å². The van der Waals surface area contributed by atoms with Crippen LogP contribution in [-0.4, -0.2) is 15.5 Å². The van der Waals surface area contributed by atoms with E-state index in [1.807, 2.05) is 45.0 Å². The fourth-order valence-corrected chi connectivity index (χ4v) is 8.68. The molecule has 0 spiro atoms. The van der Waals surface area contributed by atoms with E-state index in [1.54, 1.807) is 35.6 Å². The van der Waals surface area contributed by atoms with Gasteiger partial charge in [-0.25, -0.2) is 8.42 Å². The second-order valence-corrected chi connectivity index (χ2v) is 11.8. The molecule has 146 valence electrons. The molecule has 0 N–H and O–H groups in total. The maximum atomic E-state index is 13.8. The van der Waals surface area contributed by atoms with Crippen molar-refractivity contribution < 1.29 is 13.2 Å². The fraction of sp³-hybridized carbons (Fsp3) is 0.250. The predicted molar refractivity (Wildman–Crippen MR) is 119 cm³/mol. The summed E-state index contributed by atoms with van der Waals surface area (Å²) in [5.41, 5.74) is 2.61. The van der Waals surface area contributed by atoms with Crippen molar-refractivity contribution in [3.8, 4) is 16.9 Å². The van der Waals surface area contributed by atoms with Crippen LogP contribution in [0, 0.1) is 10.7 Å². The Morgan fingerprint density at radius 3 is 2.39 bits per heavy atom. The summed E-state index contributed by atoms with van der Waals surface area (Å²) in [6, 6.07) is 12.5. The van der Waals surface area contributed by atoms with Gasteiger partial charge in [-0.15, -0.1) is 0 Å². The summed E-state index contributed by atoms with van der Waals surface area (Å²) in [4.78, 5) is 1.23. The molecule has 4 rings (SSSR count). The van der Waals surface area contributed by atoms with E-state index in [-0.39, 0.29) is 4.90 Å². The number of sulfonamides is 1. The van der Waals surface area contributed by atoms with Crippen LogP contribution in [0.2, 0.25) is 0 Å². The molecule has 1 aliphatic heterocycles. The lowest BCUT2D eigenvalue weighted by atomic mass is 9.90. The van der Waals surface area contributed by atoms with Gasteiger partial charge in [0.05, 0.1) is 28.1 Å². The van der Waals surface area contributed by atoms with Crippen molar-refractivity contribution in [2.24, 2.45) is 0 Å². The van der Waals surface area contributed by atoms with Gasteiger partial charge in [0.1, 0.15) is 9.57 Å². The van der Waals surface area contributed by atoms with Crippen LogP contribution in [-0.2, 0) is 15.6 Å². The Bertz CT molecular complexity index is 1220. The molecule has 0 saturated carbocycles. The van der Waals surface area contributed by atoms with E-state index in [1.165, 1.54) is 14.6 Å². The SMILES string of the molecule is COc1ccc2c(c1)N(S(=O)(=O)c1ccc(C)cc1)C(C)(C)c1ssc(=S)c1-2. The number of methoxy groups -OCH3 is 1. The third-order valence-corrected chi connectivity index (χ3v) is 10.3. The van der Waals surface area contributed by atoms with Gasteiger partial charge in [0.25, 0.3) is 10.0 Å². The summed E-state index contributed by atoms with van der Waals surface area (Å²) in [5, 5.41) is 0. The molecule has 1 aliphatic rings. The number of aryl methyl sites for hydroxylation is 1. The predicted octanol–water partition coefficient (Wildman–Crippen LogP) is 5.97. The van der Waals surface area contributed by atoms with E-state index < -0.39 is 15.6 Å². The standard InChI is InChI=1S/C20H19NO3S4/c1-12-5-8-14(9-6-12)28(22,23)21-16-11-13(24-4)7-10-15(16)17-18(20(21,2)3)26-27-19(17)25/h5-11H,1-4H3. The molecule has 4 nitrogen and oxygen atoms in total. The van der Waals surface area contributed by atoms with Crippen molar-refractivity contribution in [1.29, 1.82) is 0 Å². The normalized spacial score (nSPS) is 15.1. The molecule has 3 aromatic rings. The molecular weight excluding hydrogens is 430 g/mol. The second-order valence-electron chi connectivity index (χ2n) is 7.18. The molecule has 28 heavy (non-hydrogen) atoms. The zero-order valence-corrected chi connectivity index (χ0v) is 19.1. The van der Waals surface area contributed by atoms with Crippen LogP contribution in [0.25, 0.3) is 11.1 Å². The Labute approximate surface area is 177 Å². The van der Waals surface area contributed by atoms with E-state index in [2.05, 4.69) is 0 Å². The number of hydrogen-bond donors (Lipinski definition) is 0. The van der Waals surface area contributed by atoms with E-state index >= 15 is 0 Å². The first-order valence-corrected chi connectivity index (χ1v) is 12.6. The van der Waals surface area contributed by atoms with Crippen LogP contribution >= 0.6 is 32.9 Å². The maximum absolute atomic E-state index is 13.8. The van der Waals surface area contributed by atoms with Gasteiger partial charge in [0, 0.05) is 17.2 Å². The Balaban J connectivity index is 2.05. The first-order valence-electron chi connectivity index (χ1n) is 8.62. The van der Waals surface area contributed by atoms with Crippen LogP contribution < -0.4 is 9.04 Å². The van der Waals surface area contributed by atoms with Crippen molar-refractivity contribution in [2.75, 3.05) is 11.4 Å². The molecule has 1 aromatic heterocycles. The Morgan fingerprint density at radius 1 is 1.07 bits per heavy atom. The Hall–Kier alpha value is -1.74. The molecule has 0 radical (unpaired) electrons. The van der Waals surface area contributed by atoms with Gasteiger partial charge in [-0.1, -0.05) is 50.6 Å². The summed E-state index contributed by atoms with van der Waals surface area (Å²) >= 11 is 5.58. The van der Waals surface area contributed by atoms with Crippen LogP contribution in [0.3, 0.4) is 0 Å². The minimum Gasteiger partial charge on any atom is -0.497 e. The van der Waals surface area contributed by atoms with Crippen molar-refractivity contribution >= 4 is 48.6 Å². The molecule has 0 atom stereocenters. The van der Waals surface area contributed by atoms with E-state index in [4.69, 9.17) is 17.0 Å². The Kier molecular flexibility index (Phi) is 4.65. The topological polar surface area (TPSA) is 46.6 Å².